The second-order valence-corrected chi connectivity index (χ2v) is 7.23. The minimum Gasteiger partial charge on any atom is -0.463 e. The molecule has 0 radical (unpaired) electrons. The maximum atomic E-state index is 13.2. The highest BCUT2D eigenvalue weighted by Gasteiger charge is 2.34. The van der Waals surface area contributed by atoms with E-state index in [-0.39, 0.29) is 11.9 Å². The summed E-state index contributed by atoms with van der Waals surface area (Å²) < 4.78 is 6.37. The van der Waals surface area contributed by atoms with Crippen molar-refractivity contribution < 1.29 is 9.21 Å². The number of hydrogen-bond donors (Lipinski definition) is 0. The molecule has 3 aromatic rings. The Bertz CT molecular complexity index is 979. The fourth-order valence-corrected chi connectivity index (χ4v) is 3.58. The summed E-state index contributed by atoms with van der Waals surface area (Å²) in [6, 6.07) is 19.1. The van der Waals surface area contributed by atoms with Crippen molar-refractivity contribution in [2.75, 3.05) is 0 Å². The van der Waals surface area contributed by atoms with Gasteiger partial charge in [-0.1, -0.05) is 51.8 Å². The van der Waals surface area contributed by atoms with E-state index in [1.165, 1.54) is 0 Å². The lowest BCUT2D eigenvalue weighted by molar-refractivity contribution is 0.0711. The van der Waals surface area contributed by atoms with Gasteiger partial charge in [0.25, 0.3) is 5.91 Å². The molecular weight excluding hydrogens is 392 g/mol. The first-order chi connectivity index (χ1) is 12.6. The van der Waals surface area contributed by atoms with Crippen LogP contribution in [0.15, 0.2) is 80.9 Å². The van der Waals surface area contributed by atoms with Gasteiger partial charge in [0.15, 0.2) is 0 Å². The number of halogens is 1. The van der Waals surface area contributed by atoms with Gasteiger partial charge in [0.1, 0.15) is 11.5 Å². The van der Waals surface area contributed by atoms with Crippen LogP contribution in [0.2, 0.25) is 0 Å². The minimum absolute atomic E-state index is 0.126. The van der Waals surface area contributed by atoms with E-state index in [9.17, 15) is 4.79 Å². The van der Waals surface area contributed by atoms with E-state index in [0.717, 1.165) is 21.3 Å². The fraction of sp³-hybridized carbons (Fsp3) is 0.143. The average Bonchev–Trinajstić information content (AvgIpc) is 3.30. The summed E-state index contributed by atoms with van der Waals surface area (Å²) in [5.41, 5.74) is 3.61. The molecule has 4 rings (SSSR count). The Morgan fingerprint density at radius 1 is 1.15 bits per heavy atom. The van der Waals surface area contributed by atoms with E-state index in [0.29, 0.717) is 17.7 Å². The van der Waals surface area contributed by atoms with Crippen LogP contribution >= 0.6 is 15.9 Å². The first-order valence-electron chi connectivity index (χ1n) is 8.39. The Morgan fingerprint density at radius 3 is 2.73 bits per heavy atom. The zero-order valence-electron chi connectivity index (χ0n) is 14.2. The van der Waals surface area contributed by atoms with Gasteiger partial charge in [-0.15, -0.1) is 0 Å². The smallest absolute Gasteiger partial charge is 0.274 e. The number of nitrogens with zero attached hydrogens (tertiary/aromatic N) is 2. The number of hydrogen-bond acceptors (Lipinski definition) is 3. The van der Waals surface area contributed by atoms with Crippen molar-refractivity contribution in [3.05, 3.63) is 93.9 Å². The fourth-order valence-electron chi connectivity index (χ4n) is 3.18. The van der Waals surface area contributed by atoms with Crippen LogP contribution < -0.4 is 0 Å². The number of furan rings is 1. The molecule has 1 aromatic heterocycles. The predicted molar refractivity (Wildman–Crippen MR) is 104 cm³/mol. The van der Waals surface area contributed by atoms with Gasteiger partial charge in [-0.3, -0.25) is 4.79 Å². The molecule has 0 saturated carbocycles. The lowest BCUT2D eigenvalue weighted by Crippen LogP contribution is -2.27. The third-order valence-corrected chi connectivity index (χ3v) is 4.92. The number of hydrazone groups is 1. The maximum absolute atomic E-state index is 13.2. The third kappa shape index (κ3) is 3.22. The Labute approximate surface area is 160 Å². The van der Waals surface area contributed by atoms with Crippen molar-refractivity contribution in [1.82, 2.24) is 5.01 Å². The Morgan fingerprint density at radius 2 is 2.00 bits per heavy atom. The molecule has 1 amide bonds. The van der Waals surface area contributed by atoms with Crippen LogP contribution in [0.4, 0.5) is 0 Å². The summed E-state index contributed by atoms with van der Waals surface area (Å²) >= 11 is 3.43. The van der Waals surface area contributed by atoms with Crippen LogP contribution in [0.3, 0.4) is 0 Å². The third-order valence-electron chi connectivity index (χ3n) is 4.42. The normalized spacial score (nSPS) is 16.6. The van der Waals surface area contributed by atoms with E-state index in [1.54, 1.807) is 17.3 Å². The summed E-state index contributed by atoms with van der Waals surface area (Å²) in [5, 5.41) is 6.19. The van der Waals surface area contributed by atoms with Crippen molar-refractivity contribution in [1.29, 1.82) is 0 Å². The second-order valence-electron chi connectivity index (χ2n) is 6.32. The second kappa shape index (κ2) is 6.92. The molecule has 0 bridgehead atoms. The lowest BCUT2D eigenvalue weighted by atomic mass is 9.99. The Kier molecular flexibility index (Phi) is 4.47. The van der Waals surface area contributed by atoms with Crippen LogP contribution in [0.1, 0.15) is 39.7 Å². The number of aryl methyl sites for hydroxylation is 1. The highest BCUT2D eigenvalue weighted by molar-refractivity contribution is 9.10. The van der Waals surface area contributed by atoms with E-state index in [4.69, 9.17) is 4.42 Å². The number of carbonyl (C=O) groups is 1. The van der Waals surface area contributed by atoms with Crippen molar-refractivity contribution >= 4 is 27.5 Å². The molecule has 0 fully saturated rings. The molecule has 1 aliphatic rings. The topological polar surface area (TPSA) is 45.8 Å². The van der Waals surface area contributed by atoms with E-state index < -0.39 is 0 Å². The molecule has 0 aliphatic carbocycles. The number of carbonyl (C=O) groups excluding carboxylic acids is 1. The zero-order chi connectivity index (χ0) is 18.1. The van der Waals surface area contributed by atoms with Crippen molar-refractivity contribution in [3.63, 3.8) is 0 Å². The van der Waals surface area contributed by atoms with E-state index in [1.807, 2.05) is 55.5 Å². The van der Waals surface area contributed by atoms with Gasteiger partial charge in [0.05, 0.1) is 12.3 Å². The van der Waals surface area contributed by atoms with Crippen LogP contribution in [0.5, 0.6) is 0 Å². The molecule has 1 atom stereocenters. The number of rotatable bonds is 3. The van der Waals surface area contributed by atoms with E-state index in [2.05, 4.69) is 27.1 Å². The molecule has 5 heteroatoms. The Hall–Kier alpha value is -2.66. The van der Waals surface area contributed by atoms with Gasteiger partial charge in [-0.2, -0.15) is 5.10 Å². The monoisotopic (exact) mass is 408 g/mol. The standard InChI is InChI=1S/C21H17BrN2O2/c1-14-5-2-6-15(11-14)19-13-18(20-9-4-10-26-20)23-24(19)21(25)16-7-3-8-17(22)12-16/h2-12,19H,13H2,1H3. The SMILES string of the molecule is Cc1cccc(C2CC(c3ccco3)=NN2C(=O)c2cccc(Br)c2)c1. The van der Waals surface area contributed by atoms with Gasteiger partial charge in [-0.05, 0) is 42.8 Å². The summed E-state index contributed by atoms with van der Waals surface area (Å²) in [5.74, 6) is 0.576. The molecule has 130 valence electrons. The van der Waals surface area contributed by atoms with Gasteiger partial charge in [-0.25, -0.2) is 5.01 Å². The molecule has 26 heavy (non-hydrogen) atoms. The van der Waals surface area contributed by atoms with Crippen LogP contribution in [0.25, 0.3) is 0 Å². The summed E-state index contributed by atoms with van der Waals surface area (Å²) in [6.45, 7) is 2.05. The lowest BCUT2D eigenvalue weighted by Gasteiger charge is -2.22. The molecule has 0 N–H and O–H groups in total. The summed E-state index contributed by atoms with van der Waals surface area (Å²) in [7, 11) is 0. The molecule has 1 aliphatic heterocycles. The van der Waals surface area contributed by atoms with Gasteiger partial charge < -0.3 is 4.42 Å². The number of amides is 1. The Balaban J connectivity index is 1.74. The molecule has 1 unspecified atom stereocenters. The quantitative estimate of drug-likeness (QED) is 0.586. The largest absolute Gasteiger partial charge is 0.463 e. The van der Waals surface area contributed by atoms with E-state index >= 15 is 0 Å². The molecule has 0 spiro atoms. The highest BCUT2D eigenvalue weighted by Crippen LogP contribution is 2.34. The van der Waals surface area contributed by atoms with Crippen LogP contribution in [-0.4, -0.2) is 16.6 Å². The van der Waals surface area contributed by atoms with Crippen LogP contribution in [-0.2, 0) is 0 Å². The molecule has 2 heterocycles. The molecule has 2 aromatic carbocycles. The first kappa shape index (κ1) is 16.8. The van der Waals surface area contributed by atoms with Gasteiger partial charge >= 0.3 is 0 Å². The van der Waals surface area contributed by atoms with Crippen molar-refractivity contribution in [2.24, 2.45) is 5.10 Å². The minimum atomic E-state index is -0.151. The first-order valence-corrected chi connectivity index (χ1v) is 9.18. The van der Waals surface area contributed by atoms with Gasteiger partial charge in [0.2, 0.25) is 0 Å². The van der Waals surface area contributed by atoms with Gasteiger partial charge in [0, 0.05) is 16.5 Å². The van der Waals surface area contributed by atoms with Crippen molar-refractivity contribution in [3.8, 4) is 0 Å². The highest BCUT2D eigenvalue weighted by atomic mass is 79.9. The average molecular weight is 409 g/mol. The number of benzene rings is 2. The molecular formula is C21H17BrN2O2. The summed E-state index contributed by atoms with van der Waals surface area (Å²) in [6.07, 6.45) is 2.25. The zero-order valence-corrected chi connectivity index (χ0v) is 15.8. The van der Waals surface area contributed by atoms with Crippen molar-refractivity contribution in [2.45, 2.75) is 19.4 Å². The maximum Gasteiger partial charge on any atom is 0.274 e. The summed E-state index contributed by atoms with van der Waals surface area (Å²) in [4.78, 5) is 13.2. The molecule has 4 nitrogen and oxygen atoms in total. The van der Waals surface area contributed by atoms with Crippen LogP contribution in [0, 0.1) is 6.92 Å². The predicted octanol–water partition coefficient (Wildman–Crippen LogP) is 5.34. The molecule has 0 saturated heterocycles.